The minimum Gasteiger partial charge on any atom is -0.439 e. The standard InChI is InChI=1S/C19H16N4O4/c1-12-3-8-18(21-10-12)27-16-6-4-14(5-7-16)22-19(24)17-9-15(23(25)26)11-20-13(17)2/h3-11H,1-2H3,(H,22,24). The van der Waals surface area contributed by atoms with Gasteiger partial charge in [0.25, 0.3) is 11.6 Å². The van der Waals surface area contributed by atoms with E-state index >= 15 is 0 Å². The van der Waals surface area contributed by atoms with Gasteiger partial charge in [-0.1, -0.05) is 6.07 Å². The fourth-order valence-electron chi connectivity index (χ4n) is 2.29. The average Bonchev–Trinajstić information content (AvgIpc) is 2.65. The number of anilines is 1. The van der Waals surface area contributed by atoms with Crippen molar-refractivity contribution in [3.05, 3.63) is 81.8 Å². The van der Waals surface area contributed by atoms with E-state index in [0.717, 1.165) is 11.8 Å². The lowest BCUT2D eigenvalue weighted by atomic mass is 10.1. The molecule has 0 unspecified atom stereocenters. The topological polar surface area (TPSA) is 107 Å². The van der Waals surface area contributed by atoms with Gasteiger partial charge in [-0.2, -0.15) is 0 Å². The number of amides is 1. The van der Waals surface area contributed by atoms with Gasteiger partial charge in [-0.3, -0.25) is 19.9 Å². The molecule has 8 nitrogen and oxygen atoms in total. The molecule has 1 amide bonds. The van der Waals surface area contributed by atoms with E-state index in [1.807, 2.05) is 13.0 Å². The minimum absolute atomic E-state index is 0.147. The summed E-state index contributed by atoms with van der Waals surface area (Å²) in [5.74, 6) is 0.561. The number of nitrogens with zero attached hydrogens (tertiary/aromatic N) is 3. The first-order valence-corrected chi connectivity index (χ1v) is 8.05. The van der Waals surface area contributed by atoms with Crippen LogP contribution in [0.3, 0.4) is 0 Å². The van der Waals surface area contributed by atoms with Gasteiger partial charge in [0.15, 0.2) is 0 Å². The molecule has 27 heavy (non-hydrogen) atoms. The van der Waals surface area contributed by atoms with Gasteiger partial charge >= 0.3 is 0 Å². The largest absolute Gasteiger partial charge is 0.439 e. The molecule has 0 atom stereocenters. The number of aromatic nitrogens is 2. The molecule has 0 saturated heterocycles. The van der Waals surface area contributed by atoms with Crippen molar-refractivity contribution >= 4 is 17.3 Å². The Labute approximate surface area is 155 Å². The van der Waals surface area contributed by atoms with E-state index in [-0.39, 0.29) is 11.3 Å². The summed E-state index contributed by atoms with van der Waals surface area (Å²) in [5.41, 5.74) is 1.87. The molecule has 0 fully saturated rings. The molecule has 1 aromatic carbocycles. The Morgan fingerprint density at radius 1 is 1.07 bits per heavy atom. The summed E-state index contributed by atoms with van der Waals surface area (Å²) in [6.07, 6.45) is 2.83. The Balaban J connectivity index is 1.71. The number of carbonyl (C=O) groups is 1. The number of ether oxygens (including phenoxy) is 1. The number of nitro groups is 1. The number of nitrogens with one attached hydrogen (secondary N) is 1. The van der Waals surface area contributed by atoms with Gasteiger partial charge < -0.3 is 10.1 Å². The first-order valence-electron chi connectivity index (χ1n) is 8.05. The summed E-state index contributed by atoms with van der Waals surface area (Å²) in [6, 6.07) is 11.6. The van der Waals surface area contributed by atoms with Crippen LogP contribution in [0.4, 0.5) is 11.4 Å². The first-order chi connectivity index (χ1) is 12.9. The fraction of sp³-hybridized carbons (Fsp3) is 0.105. The van der Waals surface area contributed by atoms with Crippen molar-refractivity contribution in [3.63, 3.8) is 0 Å². The molecule has 0 saturated carbocycles. The second kappa shape index (κ2) is 7.61. The van der Waals surface area contributed by atoms with Gasteiger partial charge in [0.2, 0.25) is 5.88 Å². The molecule has 2 aromatic heterocycles. The van der Waals surface area contributed by atoms with E-state index in [1.165, 1.54) is 6.07 Å². The van der Waals surface area contributed by atoms with Crippen LogP contribution >= 0.6 is 0 Å². The number of rotatable bonds is 5. The third kappa shape index (κ3) is 4.43. The highest BCUT2D eigenvalue weighted by Crippen LogP contribution is 2.22. The van der Waals surface area contributed by atoms with Crippen LogP contribution in [0.25, 0.3) is 0 Å². The van der Waals surface area contributed by atoms with E-state index in [2.05, 4.69) is 15.3 Å². The van der Waals surface area contributed by atoms with Crippen molar-refractivity contribution in [2.75, 3.05) is 5.32 Å². The molecule has 0 spiro atoms. The lowest BCUT2D eigenvalue weighted by molar-refractivity contribution is -0.385. The van der Waals surface area contributed by atoms with Gasteiger partial charge in [-0.25, -0.2) is 4.98 Å². The van der Waals surface area contributed by atoms with Crippen LogP contribution in [-0.2, 0) is 0 Å². The van der Waals surface area contributed by atoms with Crippen molar-refractivity contribution in [2.45, 2.75) is 13.8 Å². The van der Waals surface area contributed by atoms with E-state index < -0.39 is 10.8 Å². The van der Waals surface area contributed by atoms with Crippen molar-refractivity contribution in [1.29, 1.82) is 0 Å². The predicted molar refractivity (Wildman–Crippen MR) is 99.1 cm³/mol. The summed E-state index contributed by atoms with van der Waals surface area (Å²) >= 11 is 0. The van der Waals surface area contributed by atoms with Gasteiger partial charge in [0.05, 0.1) is 16.2 Å². The van der Waals surface area contributed by atoms with Crippen LogP contribution in [0, 0.1) is 24.0 Å². The molecule has 3 aromatic rings. The number of hydrogen-bond donors (Lipinski definition) is 1. The molecule has 2 heterocycles. The Kier molecular flexibility index (Phi) is 5.07. The van der Waals surface area contributed by atoms with Crippen LogP contribution in [0.1, 0.15) is 21.6 Å². The Bertz CT molecular complexity index is 986. The molecular formula is C19H16N4O4. The lowest BCUT2D eigenvalue weighted by Gasteiger charge is -2.09. The van der Waals surface area contributed by atoms with Crippen molar-refractivity contribution in [3.8, 4) is 11.6 Å². The van der Waals surface area contributed by atoms with E-state index in [4.69, 9.17) is 4.74 Å². The lowest BCUT2D eigenvalue weighted by Crippen LogP contribution is -2.14. The molecule has 0 aliphatic carbocycles. The highest BCUT2D eigenvalue weighted by atomic mass is 16.6. The number of pyridine rings is 2. The summed E-state index contributed by atoms with van der Waals surface area (Å²) in [6.45, 7) is 3.55. The quantitative estimate of drug-likeness (QED) is 0.541. The summed E-state index contributed by atoms with van der Waals surface area (Å²) in [5, 5.41) is 13.6. The van der Waals surface area contributed by atoms with Gasteiger partial charge in [-0.15, -0.1) is 0 Å². The Morgan fingerprint density at radius 2 is 1.81 bits per heavy atom. The number of benzene rings is 1. The maximum atomic E-state index is 12.4. The van der Waals surface area contributed by atoms with Crippen LogP contribution in [0.15, 0.2) is 54.9 Å². The van der Waals surface area contributed by atoms with E-state index in [1.54, 1.807) is 43.5 Å². The molecule has 136 valence electrons. The van der Waals surface area contributed by atoms with Gasteiger partial charge in [0.1, 0.15) is 11.9 Å². The maximum absolute atomic E-state index is 12.4. The SMILES string of the molecule is Cc1ccc(Oc2ccc(NC(=O)c3cc([N+](=O)[O-])cnc3C)cc2)nc1. The molecule has 1 N–H and O–H groups in total. The Hall–Kier alpha value is -3.81. The predicted octanol–water partition coefficient (Wildman–Crippen LogP) is 4.05. The zero-order chi connectivity index (χ0) is 19.4. The summed E-state index contributed by atoms with van der Waals surface area (Å²) < 4.78 is 5.63. The second-order valence-electron chi connectivity index (χ2n) is 5.84. The highest BCUT2D eigenvalue weighted by Gasteiger charge is 2.16. The van der Waals surface area contributed by atoms with Crippen molar-refractivity contribution in [1.82, 2.24) is 9.97 Å². The maximum Gasteiger partial charge on any atom is 0.288 e. The first kappa shape index (κ1) is 18.0. The monoisotopic (exact) mass is 364 g/mol. The molecule has 8 heteroatoms. The van der Waals surface area contributed by atoms with Crippen LogP contribution in [0.2, 0.25) is 0 Å². The molecule has 0 bridgehead atoms. The van der Waals surface area contributed by atoms with Crippen molar-refractivity contribution in [2.24, 2.45) is 0 Å². The minimum atomic E-state index is -0.589. The van der Waals surface area contributed by atoms with Crippen LogP contribution in [-0.4, -0.2) is 20.8 Å². The van der Waals surface area contributed by atoms with Crippen LogP contribution in [0.5, 0.6) is 11.6 Å². The molecule has 0 aliphatic rings. The third-order valence-electron chi connectivity index (χ3n) is 3.75. The zero-order valence-corrected chi connectivity index (χ0v) is 14.7. The fourth-order valence-corrected chi connectivity index (χ4v) is 2.29. The number of aryl methyl sites for hydroxylation is 2. The molecular weight excluding hydrogens is 348 g/mol. The number of hydrogen-bond acceptors (Lipinski definition) is 6. The molecule has 0 radical (unpaired) electrons. The molecule has 0 aliphatic heterocycles. The summed E-state index contributed by atoms with van der Waals surface area (Å²) in [7, 11) is 0. The average molecular weight is 364 g/mol. The molecule has 3 rings (SSSR count). The van der Waals surface area contributed by atoms with Crippen LogP contribution < -0.4 is 10.1 Å². The van der Waals surface area contributed by atoms with E-state index in [0.29, 0.717) is 23.0 Å². The van der Waals surface area contributed by atoms with E-state index in [9.17, 15) is 14.9 Å². The third-order valence-corrected chi connectivity index (χ3v) is 3.75. The zero-order valence-electron chi connectivity index (χ0n) is 14.7. The van der Waals surface area contributed by atoms with Gasteiger partial charge in [-0.05, 0) is 43.7 Å². The second-order valence-corrected chi connectivity index (χ2v) is 5.84. The van der Waals surface area contributed by atoms with Gasteiger partial charge in [0, 0.05) is 24.0 Å². The Morgan fingerprint density at radius 3 is 2.44 bits per heavy atom. The normalized spacial score (nSPS) is 10.3. The van der Waals surface area contributed by atoms with Crippen molar-refractivity contribution < 1.29 is 14.5 Å². The highest BCUT2D eigenvalue weighted by molar-refractivity contribution is 6.05. The number of carbonyl (C=O) groups excluding carboxylic acids is 1. The smallest absolute Gasteiger partial charge is 0.288 e. The summed E-state index contributed by atoms with van der Waals surface area (Å²) in [4.78, 5) is 30.7.